The number of aliphatic hydroxyl groups excluding tert-OH is 1. The van der Waals surface area contributed by atoms with Crippen LogP contribution in [0.25, 0.3) is 0 Å². The van der Waals surface area contributed by atoms with Gasteiger partial charge in [0.25, 0.3) is 0 Å². The highest BCUT2D eigenvalue weighted by atomic mass is 16.3. The van der Waals surface area contributed by atoms with Crippen molar-refractivity contribution >= 4 is 0 Å². The van der Waals surface area contributed by atoms with Gasteiger partial charge in [-0.25, -0.2) is 0 Å². The highest BCUT2D eigenvalue weighted by Crippen LogP contribution is 1.93. The molecule has 4 nitrogen and oxygen atoms in total. The lowest BCUT2D eigenvalue weighted by Gasteiger charge is -2.19. The molecule has 50 valence electrons. The average Bonchev–Trinajstić information content (AvgIpc) is 1.21. The van der Waals surface area contributed by atoms with E-state index in [-0.39, 0.29) is 6.42 Å². The van der Waals surface area contributed by atoms with Crippen LogP contribution in [0, 0.1) is 0 Å². The molecular weight excluding hydrogens is 106 g/mol. The second-order valence-corrected chi connectivity index (χ2v) is 2.17. The topological polar surface area (TPSA) is 98.3 Å². The van der Waals surface area contributed by atoms with Gasteiger partial charge in [0.15, 0.2) is 0 Å². The van der Waals surface area contributed by atoms with Crippen LogP contribution >= 0.6 is 0 Å². The van der Waals surface area contributed by atoms with Crippen LogP contribution in [0.1, 0.15) is 13.3 Å². The molecule has 4 heteroatoms. The third kappa shape index (κ3) is 5.84. The maximum atomic E-state index is 8.65. The average molecular weight is 119 g/mol. The zero-order valence-corrected chi connectivity index (χ0v) is 4.96. The van der Waals surface area contributed by atoms with Crippen molar-refractivity contribution in [1.82, 2.24) is 0 Å². The molecule has 0 radical (unpaired) electrons. The van der Waals surface area contributed by atoms with Gasteiger partial charge in [-0.05, 0) is 6.92 Å². The van der Waals surface area contributed by atoms with Crippen molar-refractivity contribution in [1.29, 1.82) is 0 Å². The Morgan fingerprint density at radius 2 is 1.88 bits per heavy atom. The zero-order valence-electron chi connectivity index (χ0n) is 4.96. The standard InChI is InChI=1S/C4H13N3O/c1-3(8)2-4(5,6)7/h3,8H,2,5-7H2,1H3. The van der Waals surface area contributed by atoms with Crippen LogP contribution in [-0.4, -0.2) is 17.0 Å². The van der Waals surface area contributed by atoms with Gasteiger partial charge in [0.1, 0.15) is 5.79 Å². The van der Waals surface area contributed by atoms with Gasteiger partial charge in [-0.1, -0.05) is 0 Å². The van der Waals surface area contributed by atoms with Crippen molar-refractivity contribution < 1.29 is 5.11 Å². The molecule has 0 fully saturated rings. The van der Waals surface area contributed by atoms with E-state index in [2.05, 4.69) is 0 Å². The van der Waals surface area contributed by atoms with Gasteiger partial charge in [0.05, 0.1) is 6.10 Å². The van der Waals surface area contributed by atoms with Gasteiger partial charge in [-0.3, -0.25) is 0 Å². The molecule has 0 aliphatic heterocycles. The van der Waals surface area contributed by atoms with E-state index < -0.39 is 11.9 Å². The van der Waals surface area contributed by atoms with Crippen molar-refractivity contribution in [3.63, 3.8) is 0 Å². The molecule has 8 heavy (non-hydrogen) atoms. The summed E-state index contributed by atoms with van der Waals surface area (Å²) in [5.41, 5.74) is 15.4. The lowest BCUT2D eigenvalue weighted by molar-refractivity contribution is 0.152. The van der Waals surface area contributed by atoms with Gasteiger partial charge in [0.2, 0.25) is 0 Å². The molecule has 7 N–H and O–H groups in total. The molecular formula is C4H13N3O. The number of nitrogens with two attached hydrogens (primary N) is 3. The summed E-state index contributed by atoms with van der Waals surface area (Å²) >= 11 is 0. The van der Waals surface area contributed by atoms with E-state index in [9.17, 15) is 0 Å². The second-order valence-electron chi connectivity index (χ2n) is 2.17. The lowest BCUT2D eigenvalue weighted by Crippen LogP contribution is -2.59. The first-order valence-corrected chi connectivity index (χ1v) is 2.46. The Bertz CT molecular complexity index is 66.2. The molecule has 0 saturated heterocycles. The summed E-state index contributed by atoms with van der Waals surface area (Å²) in [7, 11) is 0. The highest BCUT2D eigenvalue weighted by Gasteiger charge is 2.13. The molecule has 0 aromatic carbocycles. The first kappa shape index (κ1) is 7.84. The quantitative estimate of drug-likeness (QED) is 0.325. The largest absolute Gasteiger partial charge is 0.393 e. The van der Waals surface area contributed by atoms with Crippen molar-refractivity contribution in [2.24, 2.45) is 17.2 Å². The Labute approximate surface area is 48.6 Å². The molecule has 0 aromatic heterocycles. The Morgan fingerprint density at radius 3 is 1.88 bits per heavy atom. The molecule has 1 atom stereocenters. The molecule has 0 spiro atoms. The van der Waals surface area contributed by atoms with E-state index in [0.29, 0.717) is 0 Å². The number of aliphatic hydroxyl groups is 1. The van der Waals surface area contributed by atoms with Crippen molar-refractivity contribution in [2.75, 3.05) is 0 Å². The summed E-state index contributed by atoms with van der Waals surface area (Å²) in [5, 5.41) is 8.65. The molecule has 0 bridgehead atoms. The summed E-state index contributed by atoms with van der Waals surface area (Å²) in [4.78, 5) is 0. The van der Waals surface area contributed by atoms with Crippen LogP contribution in [0.5, 0.6) is 0 Å². The number of hydrogen-bond donors (Lipinski definition) is 4. The summed E-state index contributed by atoms with van der Waals surface area (Å²) in [5.74, 6) is -1.23. The molecule has 0 saturated carbocycles. The van der Waals surface area contributed by atoms with Gasteiger partial charge < -0.3 is 22.3 Å². The first-order valence-electron chi connectivity index (χ1n) is 2.46. The lowest BCUT2D eigenvalue weighted by atomic mass is 10.2. The first-order chi connectivity index (χ1) is 3.42. The van der Waals surface area contributed by atoms with Crippen molar-refractivity contribution in [3.8, 4) is 0 Å². The Balaban J connectivity index is 3.39. The predicted molar refractivity (Wildman–Crippen MR) is 31.6 cm³/mol. The normalized spacial score (nSPS) is 16.1. The van der Waals surface area contributed by atoms with E-state index >= 15 is 0 Å². The molecule has 0 aliphatic rings. The van der Waals surface area contributed by atoms with Gasteiger partial charge in [-0.2, -0.15) is 0 Å². The van der Waals surface area contributed by atoms with E-state index in [1.165, 1.54) is 0 Å². The van der Waals surface area contributed by atoms with Crippen molar-refractivity contribution in [2.45, 2.75) is 25.2 Å². The molecule has 0 rings (SSSR count). The Morgan fingerprint density at radius 1 is 1.50 bits per heavy atom. The maximum absolute atomic E-state index is 8.65. The number of rotatable bonds is 2. The Kier molecular flexibility index (Phi) is 2.36. The zero-order chi connectivity index (χ0) is 6.78. The molecule has 0 aliphatic carbocycles. The van der Waals surface area contributed by atoms with E-state index in [0.717, 1.165) is 0 Å². The Hall–Kier alpha value is -0.160. The van der Waals surface area contributed by atoms with Crippen LogP contribution in [0.15, 0.2) is 0 Å². The fraction of sp³-hybridized carbons (Fsp3) is 1.00. The minimum Gasteiger partial charge on any atom is -0.393 e. The summed E-state index contributed by atoms with van der Waals surface area (Å²) < 4.78 is 0. The monoisotopic (exact) mass is 119 g/mol. The second kappa shape index (κ2) is 2.41. The fourth-order valence-electron chi connectivity index (χ4n) is 0.512. The molecule has 0 amide bonds. The van der Waals surface area contributed by atoms with Crippen LogP contribution in [0.2, 0.25) is 0 Å². The molecule has 1 unspecified atom stereocenters. The third-order valence-corrected chi connectivity index (χ3v) is 0.649. The molecule has 0 aromatic rings. The SMILES string of the molecule is CC(O)CC(N)(N)N. The van der Waals surface area contributed by atoms with Gasteiger partial charge in [-0.15, -0.1) is 0 Å². The summed E-state index contributed by atoms with van der Waals surface area (Å²) in [6.07, 6.45) is -0.317. The van der Waals surface area contributed by atoms with E-state index in [1.807, 2.05) is 0 Å². The van der Waals surface area contributed by atoms with Crippen LogP contribution in [-0.2, 0) is 0 Å². The van der Waals surface area contributed by atoms with Gasteiger partial charge in [0, 0.05) is 6.42 Å². The van der Waals surface area contributed by atoms with Crippen LogP contribution < -0.4 is 17.2 Å². The van der Waals surface area contributed by atoms with Gasteiger partial charge >= 0.3 is 0 Å². The predicted octanol–water partition coefficient (Wildman–Crippen LogP) is -1.71. The minimum atomic E-state index is -1.23. The summed E-state index contributed by atoms with van der Waals surface area (Å²) in [6.45, 7) is 1.58. The molecule has 0 heterocycles. The summed E-state index contributed by atoms with van der Waals surface area (Å²) in [6, 6.07) is 0. The fourth-order valence-corrected chi connectivity index (χ4v) is 0.512. The third-order valence-electron chi connectivity index (χ3n) is 0.649. The van der Waals surface area contributed by atoms with Crippen LogP contribution in [0.4, 0.5) is 0 Å². The van der Waals surface area contributed by atoms with Crippen LogP contribution in [0.3, 0.4) is 0 Å². The van der Waals surface area contributed by atoms with E-state index in [4.69, 9.17) is 22.3 Å². The van der Waals surface area contributed by atoms with Crippen molar-refractivity contribution in [3.05, 3.63) is 0 Å². The minimum absolute atomic E-state index is 0.215. The smallest absolute Gasteiger partial charge is 0.118 e. The van der Waals surface area contributed by atoms with E-state index in [1.54, 1.807) is 6.92 Å². The number of hydrogen-bond acceptors (Lipinski definition) is 4. The maximum Gasteiger partial charge on any atom is 0.118 e. The highest BCUT2D eigenvalue weighted by molar-refractivity contribution is 4.69.